The Labute approximate surface area is 188 Å². The molecule has 2 amide bonds. The van der Waals surface area contributed by atoms with Gasteiger partial charge in [0.1, 0.15) is 0 Å². The lowest BCUT2D eigenvalue weighted by Crippen LogP contribution is -2.53. The third-order valence-electron chi connectivity index (χ3n) is 6.74. The van der Waals surface area contributed by atoms with Gasteiger partial charge in [0.2, 0.25) is 11.8 Å². The van der Waals surface area contributed by atoms with E-state index in [2.05, 4.69) is 60.6 Å². The van der Waals surface area contributed by atoms with E-state index in [-0.39, 0.29) is 11.8 Å². The SMILES string of the molecule is Cc1ccc(CN(C)C(=O)CN2CCN(CC(=O)N3C[C@H](C)C[C@H](C)C3)CC2)c(C)c1. The number of benzene rings is 1. The van der Waals surface area contributed by atoms with Gasteiger partial charge in [-0.1, -0.05) is 37.6 Å². The van der Waals surface area contributed by atoms with Crippen LogP contribution in [-0.2, 0) is 16.1 Å². The summed E-state index contributed by atoms with van der Waals surface area (Å²) >= 11 is 0. The van der Waals surface area contributed by atoms with Gasteiger partial charge in [-0.25, -0.2) is 0 Å². The topological polar surface area (TPSA) is 47.1 Å². The maximum atomic E-state index is 12.7. The van der Waals surface area contributed by atoms with E-state index in [1.807, 2.05) is 11.9 Å². The summed E-state index contributed by atoms with van der Waals surface area (Å²) in [6, 6.07) is 6.39. The molecule has 0 radical (unpaired) electrons. The normalized spacial score (nSPS) is 23.1. The minimum absolute atomic E-state index is 0.154. The number of nitrogens with zero attached hydrogens (tertiary/aromatic N) is 4. The zero-order valence-corrected chi connectivity index (χ0v) is 20.1. The Hall–Kier alpha value is -1.92. The number of aryl methyl sites for hydroxylation is 2. The molecule has 0 saturated carbocycles. The molecule has 172 valence electrons. The Morgan fingerprint density at radius 1 is 0.968 bits per heavy atom. The van der Waals surface area contributed by atoms with Gasteiger partial charge in [0.15, 0.2) is 0 Å². The molecular formula is C25H40N4O2. The number of likely N-dealkylation sites (tertiary alicyclic amines) is 1. The lowest BCUT2D eigenvalue weighted by Gasteiger charge is -2.38. The molecule has 0 aromatic heterocycles. The van der Waals surface area contributed by atoms with Crippen LogP contribution in [0.25, 0.3) is 0 Å². The molecule has 3 rings (SSSR count). The minimum atomic E-state index is 0.154. The molecule has 0 bridgehead atoms. The van der Waals surface area contributed by atoms with Crippen LogP contribution < -0.4 is 0 Å². The highest BCUT2D eigenvalue weighted by Gasteiger charge is 2.28. The summed E-state index contributed by atoms with van der Waals surface area (Å²) in [5.74, 6) is 1.60. The number of rotatable bonds is 6. The predicted octanol–water partition coefficient (Wildman–Crippen LogP) is 2.38. The van der Waals surface area contributed by atoms with Crippen LogP contribution in [-0.4, -0.2) is 90.8 Å². The molecule has 2 atom stereocenters. The van der Waals surface area contributed by atoms with E-state index in [1.54, 1.807) is 0 Å². The third kappa shape index (κ3) is 6.78. The van der Waals surface area contributed by atoms with E-state index in [1.165, 1.54) is 23.1 Å². The Morgan fingerprint density at radius 2 is 1.55 bits per heavy atom. The molecule has 0 unspecified atom stereocenters. The maximum Gasteiger partial charge on any atom is 0.236 e. The van der Waals surface area contributed by atoms with Crippen molar-refractivity contribution in [3.8, 4) is 0 Å². The smallest absolute Gasteiger partial charge is 0.236 e. The second kappa shape index (κ2) is 10.6. The summed E-state index contributed by atoms with van der Waals surface area (Å²) < 4.78 is 0. The fourth-order valence-corrected chi connectivity index (χ4v) is 4.94. The lowest BCUT2D eigenvalue weighted by atomic mass is 9.92. The summed E-state index contributed by atoms with van der Waals surface area (Å²) in [5.41, 5.74) is 3.68. The fraction of sp³-hybridized carbons (Fsp3) is 0.680. The van der Waals surface area contributed by atoms with Crippen molar-refractivity contribution in [1.82, 2.24) is 19.6 Å². The number of piperidine rings is 1. The fourth-order valence-electron chi connectivity index (χ4n) is 4.94. The Morgan fingerprint density at radius 3 is 2.13 bits per heavy atom. The molecule has 0 spiro atoms. The van der Waals surface area contributed by atoms with Crippen molar-refractivity contribution in [3.63, 3.8) is 0 Å². The van der Waals surface area contributed by atoms with Crippen molar-refractivity contribution < 1.29 is 9.59 Å². The number of hydrogen-bond acceptors (Lipinski definition) is 4. The minimum Gasteiger partial charge on any atom is -0.341 e. The van der Waals surface area contributed by atoms with Gasteiger partial charge >= 0.3 is 0 Å². The van der Waals surface area contributed by atoms with E-state index < -0.39 is 0 Å². The largest absolute Gasteiger partial charge is 0.341 e. The highest BCUT2D eigenvalue weighted by atomic mass is 16.2. The van der Waals surface area contributed by atoms with Crippen molar-refractivity contribution in [1.29, 1.82) is 0 Å². The highest BCUT2D eigenvalue weighted by Crippen LogP contribution is 2.21. The summed E-state index contributed by atoms with van der Waals surface area (Å²) in [6.07, 6.45) is 1.22. The number of amides is 2. The first-order valence-electron chi connectivity index (χ1n) is 11.7. The lowest BCUT2D eigenvalue weighted by molar-refractivity contribution is -0.136. The summed E-state index contributed by atoms with van der Waals surface area (Å²) in [6.45, 7) is 15.4. The van der Waals surface area contributed by atoms with E-state index in [0.29, 0.717) is 31.5 Å². The van der Waals surface area contributed by atoms with Crippen LogP contribution in [0.4, 0.5) is 0 Å². The first-order valence-corrected chi connectivity index (χ1v) is 11.7. The summed E-state index contributed by atoms with van der Waals surface area (Å²) in [4.78, 5) is 33.8. The highest BCUT2D eigenvalue weighted by molar-refractivity contribution is 5.79. The zero-order valence-electron chi connectivity index (χ0n) is 20.1. The molecule has 0 aliphatic carbocycles. The van der Waals surface area contributed by atoms with Gasteiger partial charge in [0, 0.05) is 52.9 Å². The second-order valence-corrected chi connectivity index (χ2v) is 9.98. The number of hydrogen-bond donors (Lipinski definition) is 0. The monoisotopic (exact) mass is 428 g/mol. The molecular weight excluding hydrogens is 388 g/mol. The first-order chi connectivity index (χ1) is 14.7. The predicted molar refractivity (Wildman–Crippen MR) is 125 cm³/mol. The maximum absolute atomic E-state index is 12.7. The Balaban J connectivity index is 1.41. The van der Waals surface area contributed by atoms with Gasteiger partial charge in [-0.05, 0) is 43.2 Å². The number of carbonyl (C=O) groups is 2. The van der Waals surface area contributed by atoms with E-state index >= 15 is 0 Å². The summed E-state index contributed by atoms with van der Waals surface area (Å²) in [5, 5.41) is 0. The number of carbonyl (C=O) groups excluding carboxylic acids is 2. The molecule has 31 heavy (non-hydrogen) atoms. The van der Waals surface area contributed by atoms with Crippen molar-refractivity contribution in [3.05, 3.63) is 34.9 Å². The van der Waals surface area contributed by atoms with Gasteiger partial charge in [-0.3, -0.25) is 19.4 Å². The van der Waals surface area contributed by atoms with Crippen molar-refractivity contribution in [2.24, 2.45) is 11.8 Å². The van der Waals surface area contributed by atoms with Gasteiger partial charge in [-0.15, -0.1) is 0 Å². The van der Waals surface area contributed by atoms with Gasteiger partial charge < -0.3 is 9.80 Å². The average Bonchev–Trinajstić information content (AvgIpc) is 2.70. The van der Waals surface area contributed by atoms with Crippen LogP contribution >= 0.6 is 0 Å². The third-order valence-corrected chi connectivity index (χ3v) is 6.74. The second-order valence-electron chi connectivity index (χ2n) is 9.98. The van der Waals surface area contributed by atoms with Crippen LogP contribution in [0, 0.1) is 25.7 Å². The Kier molecular flexibility index (Phi) is 8.11. The van der Waals surface area contributed by atoms with Crippen molar-refractivity contribution in [2.75, 3.05) is 59.4 Å². The molecule has 2 aliphatic rings. The van der Waals surface area contributed by atoms with Crippen LogP contribution in [0.15, 0.2) is 18.2 Å². The van der Waals surface area contributed by atoms with Gasteiger partial charge in [0.05, 0.1) is 13.1 Å². The van der Waals surface area contributed by atoms with Gasteiger partial charge in [0.25, 0.3) is 0 Å². The van der Waals surface area contributed by atoms with E-state index in [9.17, 15) is 9.59 Å². The van der Waals surface area contributed by atoms with E-state index in [4.69, 9.17) is 0 Å². The molecule has 0 N–H and O–H groups in total. The van der Waals surface area contributed by atoms with Crippen LogP contribution in [0.3, 0.4) is 0 Å². The van der Waals surface area contributed by atoms with Crippen molar-refractivity contribution >= 4 is 11.8 Å². The number of piperazine rings is 1. The molecule has 2 saturated heterocycles. The Bertz CT molecular complexity index is 763. The van der Waals surface area contributed by atoms with Crippen molar-refractivity contribution in [2.45, 2.75) is 40.7 Å². The standard InChI is InChI=1S/C25H40N4O2/c1-19-6-7-23(22(4)13-19)16-26(5)24(30)17-27-8-10-28(11-9-27)18-25(31)29-14-20(2)12-21(3)15-29/h6-7,13,20-21H,8-12,14-18H2,1-5H3/t20-,21+. The molecule has 6 heteroatoms. The van der Waals surface area contributed by atoms with Crippen LogP contribution in [0.5, 0.6) is 0 Å². The molecule has 2 aliphatic heterocycles. The van der Waals surface area contributed by atoms with Gasteiger partial charge in [-0.2, -0.15) is 0 Å². The quantitative estimate of drug-likeness (QED) is 0.698. The average molecular weight is 429 g/mol. The first kappa shape index (κ1) is 23.7. The number of likely N-dealkylation sites (N-methyl/N-ethyl adjacent to an activating group) is 1. The molecule has 1 aromatic carbocycles. The molecule has 1 aromatic rings. The van der Waals surface area contributed by atoms with Crippen LogP contribution in [0.2, 0.25) is 0 Å². The van der Waals surface area contributed by atoms with Crippen LogP contribution in [0.1, 0.15) is 37.0 Å². The molecule has 2 heterocycles. The zero-order chi connectivity index (χ0) is 22.5. The summed E-state index contributed by atoms with van der Waals surface area (Å²) in [7, 11) is 1.89. The molecule has 2 fully saturated rings. The molecule has 6 nitrogen and oxygen atoms in total. The van der Waals surface area contributed by atoms with E-state index in [0.717, 1.165) is 39.3 Å².